The summed E-state index contributed by atoms with van der Waals surface area (Å²) in [6.07, 6.45) is 0. The molecule has 0 amide bonds. The maximum Gasteiger partial charge on any atom is 1.00 e. The Morgan fingerprint density at radius 1 is 0.688 bits per heavy atom. The third kappa shape index (κ3) is 55.2. The van der Waals surface area contributed by atoms with Crippen molar-refractivity contribution in [3.8, 4) is 0 Å². The summed E-state index contributed by atoms with van der Waals surface area (Å²) in [6.45, 7) is 0. The fourth-order valence-electron chi connectivity index (χ4n) is 0.139. The molecule has 16 heavy (non-hydrogen) atoms. The van der Waals surface area contributed by atoms with Crippen LogP contribution < -0.4 is 59.1 Å². The SMILES string of the molecule is O=P(O)(O)O.O=P(O)(O)OP(=O)(O)O.[H-].[H-].[Na+].[Na+]. The molecular formula is H9Na2O11P3. The van der Waals surface area contributed by atoms with Crippen LogP contribution in [0, 0.1) is 0 Å². The predicted octanol–water partition coefficient (Wildman–Crippen LogP) is -7.51. The van der Waals surface area contributed by atoms with E-state index in [1.807, 2.05) is 0 Å². The molecule has 7 N–H and O–H groups in total. The van der Waals surface area contributed by atoms with Gasteiger partial charge in [0.15, 0.2) is 0 Å². The zero-order valence-electron chi connectivity index (χ0n) is 10.1. The molecule has 0 aromatic heterocycles. The summed E-state index contributed by atoms with van der Waals surface area (Å²) in [5.41, 5.74) is 0. The van der Waals surface area contributed by atoms with E-state index in [0.29, 0.717) is 0 Å². The Bertz CT molecular complexity index is 271. The first-order valence-corrected chi connectivity index (χ1v) is 6.94. The average Bonchev–Trinajstić information content (AvgIpc) is 1.42. The maximum absolute atomic E-state index is 9.63. The van der Waals surface area contributed by atoms with E-state index in [1.54, 1.807) is 0 Å². The maximum atomic E-state index is 9.63. The molecule has 0 rings (SSSR count). The molecular weight excluding hydrogens is 315 g/mol. The second-order valence-electron chi connectivity index (χ2n) is 1.58. The van der Waals surface area contributed by atoms with Crippen molar-refractivity contribution in [3.63, 3.8) is 0 Å². The Kier molecular flexibility index (Phi) is 17.1. The van der Waals surface area contributed by atoms with Crippen LogP contribution >= 0.6 is 23.5 Å². The van der Waals surface area contributed by atoms with Crippen molar-refractivity contribution < 1.29 is 114 Å². The molecule has 0 aromatic rings. The van der Waals surface area contributed by atoms with Crippen LogP contribution in [0.1, 0.15) is 2.85 Å². The summed E-state index contributed by atoms with van der Waals surface area (Å²) in [5.74, 6) is 0. The molecule has 16 heteroatoms. The van der Waals surface area contributed by atoms with Gasteiger partial charge >= 0.3 is 82.6 Å². The standard InChI is InChI=1S/2Na.H4O7P2.H3O4P.2H/c;;1-8(2,3)7-9(4,5)6;1-5(2,3)4;;/h;;(H2,1,2,3)(H2,4,5,6);(H3,1,2,3,4);;/q2*+1;;;2*-1. The zero-order valence-corrected chi connectivity index (χ0v) is 14.8. The summed E-state index contributed by atoms with van der Waals surface area (Å²) in [5, 5.41) is 0. The zero-order chi connectivity index (χ0) is 12.2. The quantitative estimate of drug-likeness (QED) is 0.188. The van der Waals surface area contributed by atoms with E-state index in [2.05, 4.69) is 4.31 Å². The van der Waals surface area contributed by atoms with Gasteiger partial charge in [-0.05, 0) is 0 Å². The Labute approximate surface area is 136 Å². The molecule has 0 aliphatic rings. The number of rotatable bonds is 2. The first-order chi connectivity index (χ1) is 5.71. The molecule has 11 nitrogen and oxygen atoms in total. The van der Waals surface area contributed by atoms with Crippen molar-refractivity contribution in [1.29, 1.82) is 0 Å². The smallest absolute Gasteiger partial charge is 1.00 e. The summed E-state index contributed by atoms with van der Waals surface area (Å²) in [6, 6.07) is 0. The molecule has 0 aliphatic heterocycles. The van der Waals surface area contributed by atoms with E-state index in [9.17, 15) is 9.13 Å². The van der Waals surface area contributed by atoms with Crippen molar-refractivity contribution in [2.75, 3.05) is 0 Å². The third-order valence-corrected chi connectivity index (χ3v) is 1.91. The number of hydrogen-bond donors (Lipinski definition) is 7. The van der Waals surface area contributed by atoms with Crippen molar-refractivity contribution in [2.45, 2.75) is 0 Å². The van der Waals surface area contributed by atoms with Gasteiger partial charge in [0.2, 0.25) is 0 Å². The van der Waals surface area contributed by atoms with Crippen molar-refractivity contribution in [1.82, 2.24) is 0 Å². The van der Waals surface area contributed by atoms with E-state index < -0.39 is 23.5 Å². The first kappa shape index (κ1) is 26.8. The average molecular weight is 324 g/mol. The number of hydrogen-bond acceptors (Lipinski definition) is 4. The van der Waals surface area contributed by atoms with E-state index in [-0.39, 0.29) is 62.0 Å². The van der Waals surface area contributed by atoms with Crippen LogP contribution in [-0.4, -0.2) is 34.3 Å². The van der Waals surface area contributed by atoms with Crippen LogP contribution in [0.2, 0.25) is 0 Å². The summed E-state index contributed by atoms with van der Waals surface area (Å²) in [7, 11) is -14.7. The summed E-state index contributed by atoms with van der Waals surface area (Å²) < 4.78 is 31.1. The van der Waals surface area contributed by atoms with Crippen molar-refractivity contribution in [2.24, 2.45) is 0 Å². The molecule has 0 saturated carbocycles. The molecule has 0 fully saturated rings. The van der Waals surface area contributed by atoms with Crippen LogP contribution in [0.15, 0.2) is 0 Å². The van der Waals surface area contributed by atoms with Crippen LogP contribution in [0.3, 0.4) is 0 Å². The van der Waals surface area contributed by atoms with Crippen LogP contribution in [0.4, 0.5) is 0 Å². The van der Waals surface area contributed by atoms with Gasteiger partial charge in [0.1, 0.15) is 0 Å². The Balaban J connectivity index is -0.0000000359. The van der Waals surface area contributed by atoms with Crippen molar-refractivity contribution >= 4 is 23.5 Å². The van der Waals surface area contributed by atoms with Gasteiger partial charge in [-0.15, -0.1) is 0 Å². The largest absolute Gasteiger partial charge is 1.00 e. The second kappa shape index (κ2) is 10.2. The molecule has 0 aromatic carbocycles. The fraction of sp³-hybridized carbons (Fsp3) is 0. The molecule has 0 unspecified atom stereocenters. The topological polar surface area (TPSA) is 202 Å². The summed E-state index contributed by atoms with van der Waals surface area (Å²) >= 11 is 0. The summed E-state index contributed by atoms with van der Waals surface area (Å²) in [4.78, 5) is 52.6. The molecule has 0 radical (unpaired) electrons. The van der Waals surface area contributed by atoms with Gasteiger partial charge < -0.3 is 37.1 Å². The van der Waals surface area contributed by atoms with Crippen LogP contribution in [0.25, 0.3) is 0 Å². The predicted molar refractivity (Wildman–Crippen MR) is 41.7 cm³/mol. The first-order valence-electron chi connectivity index (χ1n) is 2.31. The van der Waals surface area contributed by atoms with E-state index in [4.69, 9.17) is 38.8 Å². The monoisotopic (exact) mass is 324 g/mol. The molecule has 92 valence electrons. The molecule has 0 spiro atoms. The Morgan fingerprint density at radius 3 is 0.812 bits per heavy atom. The van der Waals surface area contributed by atoms with Crippen LogP contribution in [0.5, 0.6) is 0 Å². The fourth-order valence-corrected chi connectivity index (χ4v) is 1.25. The van der Waals surface area contributed by atoms with Crippen molar-refractivity contribution in [3.05, 3.63) is 0 Å². The normalized spacial score (nSPS) is 11.4. The van der Waals surface area contributed by atoms with E-state index >= 15 is 0 Å². The van der Waals surface area contributed by atoms with Crippen LogP contribution in [-0.2, 0) is 18.0 Å². The van der Waals surface area contributed by atoms with Gasteiger partial charge in [0, 0.05) is 0 Å². The third-order valence-electron chi connectivity index (χ3n) is 0.213. The Morgan fingerprint density at radius 2 is 0.812 bits per heavy atom. The van der Waals surface area contributed by atoms with E-state index in [1.165, 1.54) is 0 Å². The minimum absolute atomic E-state index is 0. The number of phosphoric acid groups is 3. The van der Waals surface area contributed by atoms with E-state index in [0.717, 1.165) is 0 Å². The Hall–Kier alpha value is 2.37. The van der Waals surface area contributed by atoms with Gasteiger partial charge in [-0.25, -0.2) is 13.7 Å². The molecule has 0 aliphatic carbocycles. The van der Waals surface area contributed by atoms with Gasteiger partial charge in [0.25, 0.3) is 0 Å². The van der Waals surface area contributed by atoms with Gasteiger partial charge in [0.05, 0.1) is 0 Å². The minimum atomic E-state index is -5.05. The van der Waals surface area contributed by atoms with Gasteiger partial charge in [-0.2, -0.15) is 4.31 Å². The second-order valence-corrected chi connectivity index (χ2v) is 5.22. The molecule has 0 bridgehead atoms. The molecule has 0 heterocycles. The van der Waals surface area contributed by atoms with Gasteiger partial charge in [-0.3, -0.25) is 0 Å². The molecule has 0 atom stereocenters. The van der Waals surface area contributed by atoms with Gasteiger partial charge in [-0.1, -0.05) is 0 Å². The molecule has 0 saturated heterocycles. The minimum Gasteiger partial charge on any atom is -1.00 e.